The van der Waals surface area contributed by atoms with Crippen molar-refractivity contribution in [1.82, 2.24) is 5.32 Å². The minimum Gasteiger partial charge on any atom is -0.489 e. The maximum Gasteiger partial charge on any atom is 0.416 e. The van der Waals surface area contributed by atoms with E-state index in [1.807, 2.05) is 24.3 Å². The molecule has 0 unspecified atom stereocenters. The lowest BCUT2D eigenvalue weighted by Gasteiger charge is -2.15. The third kappa shape index (κ3) is 5.62. The number of halogens is 3. The van der Waals surface area contributed by atoms with Gasteiger partial charge in [-0.15, -0.1) is 0 Å². The van der Waals surface area contributed by atoms with Crippen molar-refractivity contribution in [2.24, 2.45) is 0 Å². The van der Waals surface area contributed by atoms with Crippen LogP contribution in [0.4, 0.5) is 13.2 Å². The van der Waals surface area contributed by atoms with Crippen molar-refractivity contribution in [3.8, 4) is 5.75 Å². The van der Waals surface area contributed by atoms with Gasteiger partial charge in [0.05, 0.1) is 11.7 Å². The first-order chi connectivity index (χ1) is 11.9. The number of rotatable bonds is 8. The first kappa shape index (κ1) is 19.0. The van der Waals surface area contributed by atoms with Gasteiger partial charge in [0.2, 0.25) is 0 Å². The molecule has 0 aromatic heterocycles. The second-order valence-electron chi connectivity index (χ2n) is 5.48. The predicted octanol–water partition coefficient (Wildman–Crippen LogP) is 4.09. The van der Waals surface area contributed by atoms with E-state index in [1.54, 1.807) is 6.08 Å². The van der Waals surface area contributed by atoms with Gasteiger partial charge in [-0.2, -0.15) is 13.2 Å². The number of nitrogens with one attached hydrogen (secondary N) is 1. The Hall–Kier alpha value is -2.31. The smallest absolute Gasteiger partial charge is 0.416 e. The molecule has 6 heteroatoms. The van der Waals surface area contributed by atoms with Crippen LogP contribution in [0.15, 0.2) is 61.2 Å². The van der Waals surface area contributed by atoms with Crippen LogP contribution in [0.5, 0.6) is 5.75 Å². The van der Waals surface area contributed by atoms with E-state index < -0.39 is 17.8 Å². The monoisotopic (exact) mass is 351 g/mol. The normalized spacial score (nSPS) is 12.6. The van der Waals surface area contributed by atoms with Gasteiger partial charge in [-0.1, -0.05) is 43.0 Å². The topological polar surface area (TPSA) is 41.5 Å². The van der Waals surface area contributed by atoms with E-state index >= 15 is 0 Å². The molecule has 0 saturated heterocycles. The summed E-state index contributed by atoms with van der Waals surface area (Å²) in [6.45, 7) is 4.52. The zero-order chi connectivity index (χ0) is 18.3. The highest BCUT2D eigenvalue weighted by molar-refractivity contribution is 5.33. The van der Waals surface area contributed by atoms with Crippen molar-refractivity contribution in [3.05, 3.63) is 77.9 Å². The molecule has 0 amide bonds. The molecule has 1 atom stereocenters. The molecule has 0 saturated carbocycles. The fourth-order valence-corrected chi connectivity index (χ4v) is 2.32. The Labute approximate surface area is 144 Å². The van der Waals surface area contributed by atoms with E-state index in [9.17, 15) is 18.3 Å². The molecule has 0 fully saturated rings. The SMILES string of the molecule is C=CCOc1ccccc1CNC[C@@H](O)c1cccc(C(F)(F)F)c1. The van der Waals surface area contributed by atoms with E-state index in [2.05, 4.69) is 11.9 Å². The molecule has 0 bridgehead atoms. The summed E-state index contributed by atoms with van der Waals surface area (Å²) in [5, 5.41) is 13.2. The van der Waals surface area contributed by atoms with Crippen LogP contribution in [0.25, 0.3) is 0 Å². The van der Waals surface area contributed by atoms with E-state index in [-0.39, 0.29) is 12.1 Å². The van der Waals surface area contributed by atoms with E-state index in [0.29, 0.717) is 18.9 Å². The molecule has 3 nitrogen and oxygen atoms in total. The Morgan fingerprint density at radius 2 is 1.92 bits per heavy atom. The number of hydrogen-bond donors (Lipinski definition) is 2. The molecule has 0 aliphatic heterocycles. The van der Waals surface area contributed by atoms with Crippen LogP contribution in [-0.4, -0.2) is 18.3 Å². The summed E-state index contributed by atoms with van der Waals surface area (Å²) in [7, 11) is 0. The highest BCUT2D eigenvalue weighted by Crippen LogP contribution is 2.30. The molecule has 0 heterocycles. The number of aliphatic hydroxyl groups is 1. The van der Waals surface area contributed by atoms with Gasteiger partial charge in [0.1, 0.15) is 12.4 Å². The summed E-state index contributed by atoms with van der Waals surface area (Å²) >= 11 is 0. The summed E-state index contributed by atoms with van der Waals surface area (Å²) in [5.41, 5.74) is 0.339. The van der Waals surface area contributed by atoms with Crippen molar-refractivity contribution in [3.63, 3.8) is 0 Å². The van der Waals surface area contributed by atoms with Gasteiger partial charge in [0.15, 0.2) is 0 Å². The van der Waals surface area contributed by atoms with E-state index in [1.165, 1.54) is 12.1 Å². The van der Waals surface area contributed by atoms with Gasteiger partial charge < -0.3 is 15.2 Å². The highest BCUT2D eigenvalue weighted by Gasteiger charge is 2.30. The molecule has 2 aromatic carbocycles. The van der Waals surface area contributed by atoms with Crippen LogP contribution in [0.3, 0.4) is 0 Å². The fraction of sp³-hybridized carbons (Fsp3) is 0.263. The average molecular weight is 351 g/mol. The Bertz CT molecular complexity index is 701. The van der Waals surface area contributed by atoms with Crippen LogP contribution in [-0.2, 0) is 12.7 Å². The van der Waals surface area contributed by atoms with Crippen LogP contribution < -0.4 is 10.1 Å². The van der Waals surface area contributed by atoms with Gasteiger partial charge in [-0.05, 0) is 23.8 Å². The molecule has 0 aliphatic carbocycles. The predicted molar refractivity (Wildman–Crippen MR) is 90.2 cm³/mol. The van der Waals surface area contributed by atoms with Crippen molar-refractivity contribution >= 4 is 0 Å². The summed E-state index contributed by atoms with van der Waals surface area (Å²) < 4.78 is 43.7. The van der Waals surface area contributed by atoms with E-state index in [0.717, 1.165) is 17.7 Å². The molecule has 25 heavy (non-hydrogen) atoms. The molecule has 2 N–H and O–H groups in total. The second-order valence-corrected chi connectivity index (χ2v) is 5.48. The van der Waals surface area contributed by atoms with Crippen LogP contribution in [0.1, 0.15) is 22.8 Å². The van der Waals surface area contributed by atoms with Crippen molar-refractivity contribution in [2.75, 3.05) is 13.2 Å². The number of benzene rings is 2. The van der Waals surface area contributed by atoms with Gasteiger partial charge in [-0.3, -0.25) is 0 Å². The number of aliphatic hydroxyl groups excluding tert-OH is 1. The standard InChI is InChI=1S/C19H20F3NO2/c1-2-10-25-18-9-4-3-6-15(18)12-23-13-17(24)14-7-5-8-16(11-14)19(20,21)22/h2-9,11,17,23-24H,1,10,12-13H2/t17-/m1/s1. The molecule has 0 radical (unpaired) electrons. The zero-order valence-corrected chi connectivity index (χ0v) is 13.6. The summed E-state index contributed by atoms with van der Waals surface area (Å²) in [6, 6.07) is 12.1. The third-order valence-electron chi connectivity index (χ3n) is 3.58. The minimum absolute atomic E-state index is 0.122. The molecule has 2 rings (SSSR count). The van der Waals surface area contributed by atoms with Gasteiger partial charge >= 0.3 is 6.18 Å². The Kier molecular flexibility index (Phi) is 6.61. The molecule has 134 valence electrons. The second kappa shape index (κ2) is 8.69. The van der Waals surface area contributed by atoms with Crippen molar-refractivity contribution in [1.29, 1.82) is 0 Å². The average Bonchev–Trinajstić information content (AvgIpc) is 2.60. The van der Waals surface area contributed by atoms with Crippen molar-refractivity contribution in [2.45, 2.75) is 18.8 Å². The first-order valence-electron chi connectivity index (χ1n) is 7.79. The largest absolute Gasteiger partial charge is 0.489 e. The van der Waals surface area contributed by atoms with Gasteiger partial charge in [-0.25, -0.2) is 0 Å². The lowest BCUT2D eigenvalue weighted by molar-refractivity contribution is -0.137. The Balaban J connectivity index is 1.95. The number of para-hydroxylation sites is 1. The molecular weight excluding hydrogens is 331 g/mol. The fourth-order valence-electron chi connectivity index (χ4n) is 2.32. The van der Waals surface area contributed by atoms with Crippen LogP contribution in [0.2, 0.25) is 0 Å². The molecule has 2 aromatic rings. The van der Waals surface area contributed by atoms with Gasteiger partial charge in [0.25, 0.3) is 0 Å². The first-order valence-corrected chi connectivity index (χ1v) is 7.79. The maximum atomic E-state index is 12.7. The van der Waals surface area contributed by atoms with Crippen LogP contribution >= 0.6 is 0 Å². The number of hydrogen-bond acceptors (Lipinski definition) is 3. The zero-order valence-electron chi connectivity index (χ0n) is 13.6. The molecular formula is C19H20F3NO2. The Morgan fingerprint density at radius 3 is 2.64 bits per heavy atom. The number of ether oxygens (including phenoxy) is 1. The van der Waals surface area contributed by atoms with E-state index in [4.69, 9.17) is 4.74 Å². The summed E-state index contributed by atoms with van der Waals surface area (Å²) in [6.07, 6.45) is -3.82. The maximum absolute atomic E-state index is 12.7. The minimum atomic E-state index is -4.43. The lowest BCUT2D eigenvalue weighted by Crippen LogP contribution is -2.21. The molecule has 0 spiro atoms. The highest BCUT2D eigenvalue weighted by atomic mass is 19.4. The third-order valence-corrected chi connectivity index (χ3v) is 3.58. The summed E-state index contributed by atoms with van der Waals surface area (Å²) in [5.74, 6) is 0.698. The number of alkyl halides is 3. The summed E-state index contributed by atoms with van der Waals surface area (Å²) in [4.78, 5) is 0. The quantitative estimate of drug-likeness (QED) is 0.704. The molecule has 0 aliphatic rings. The lowest BCUT2D eigenvalue weighted by atomic mass is 10.1. The Morgan fingerprint density at radius 1 is 1.16 bits per heavy atom. The van der Waals surface area contributed by atoms with Crippen LogP contribution in [0, 0.1) is 0 Å². The van der Waals surface area contributed by atoms with Crippen molar-refractivity contribution < 1.29 is 23.0 Å². The van der Waals surface area contributed by atoms with Gasteiger partial charge in [0, 0.05) is 18.7 Å².